The molecule has 1 nitrogen and oxygen atoms in total. The van der Waals surface area contributed by atoms with Crippen LogP contribution in [0.2, 0.25) is 0 Å². The Bertz CT molecular complexity index is 637. The Morgan fingerprint density at radius 2 is 1.80 bits per heavy atom. The van der Waals surface area contributed by atoms with Gasteiger partial charge in [0.15, 0.2) is 0 Å². The van der Waals surface area contributed by atoms with E-state index in [0.717, 1.165) is 0 Å². The van der Waals surface area contributed by atoms with Gasteiger partial charge in [-0.2, -0.15) is 0 Å². The fraction of sp³-hybridized carbons (Fsp3) is 0.474. The number of anilines is 1. The predicted octanol–water partition coefficient (Wildman–Crippen LogP) is 5.46. The molecule has 0 radical (unpaired) electrons. The van der Waals surface area contributed by atoms with Crippen LogP contribution in [-0.4, -0.2) is 5.54 Å². The summed E-state index contributed by atoms with van der Waals surface area (Å²) in [5.41, 5.74) is 3.30. The van der Waals surface area contributed by atoms with Gasteiger partial charge in [0.1, 0.15) is 0 Å². The minimum absolute atomic E-state index is 0.370. The van der Waals surface area contributed by atoms with E-state index in [1.807, 2.05) is 0 Å². The largest absolute Gasteiger partial charge is 0.379 e. The van der Waals surface area contributed by atoms with E-state index in [1.54, 1.807) is 0 Å². The Hall–Kier alpha value is -1.50. The van der Waals surface area contributed by atoms with Crippen molar-refractivity contribution in [2.45, 2.75) is 56.9 Å². The molecule has 1 heterocycles. The van der Waals surface area contributed by atoms with E-state index in [9.17, 15) is 0 Å². The predicted molar refractivity (Wildman–Crippen MR) is 86.4 cm³/mol. The van der Waals surface area contributed by atoms with Crippen molar-refractivity contribution in [1.29, 1.82) is 0 Å². The van der Waals surface area contributed by atoms with E-state index in [1.165, 1.54) is 60.5 Å². The summed E-state index contributed by atoms with van der Waals surface area (Å²) in [5, 5.41) is 6.75. The van der Waals surface area contributed by atoms with E-state index in [2.05, 4.69) is 48.6 Å². The van der Waals surface area contributed by atoms with Gasteiger partial charge in [-0.15, -0.1) is 0 Å². The maximum atomic E-state index is 3.99. The molecule has 2 aliphatic rings. The third-order valence-corrected chi connectivity index (χ3v) is 5.39. The van der Waals surface area contributed by atoms with Gasteiger partial charge < -0.3 is 5.32 Å². The van der Waals surface area contributed by atoms with Crippen LogP contribution >= 0.6 is 0 Å². The second-order valence-electron chi connectivity index (χ2n) is 6.82. The van der Waals surface area contributed by atoms with Crippen molar-refractivity contribution in [3.63, 3.8) is 0 Å². The zero-order chi connectivity index (χ0) is 13.6. The zero-order valence-corrected chi connectivity index (χ0v) is 12.3. The highest BCUT2D eigenvalue weighted by molar-refractivity contribution is 5.96. The standard InChI is InChI=1S/C19H23N/c1-14-13-19(11-5-2-6-12-19)20-18-16(14)10-9-15-7-3-4-8-17(15)18/h3-4,7-10,14,20H,2,5-6,11-13H2,1H3/t14-/m1/s1. The molecule has 2 aromatic carbocycles. The summed E-state index contributed by atoms with van der Waals surface area (Å²) in [6.07, 6.45) is 8.19. The Morgan fingerprint density at radius 3 is 2.65 bits per heavy atom. The Morgan fingerprint density at radius 1 is 1.00 bits per heavy atom. The molecule has 4 rings (SSSR count). The monoisotopic (exact) mass is 265 g/mol. The smallest absolute Gasteiger partial charge is 0.0459 e. The van der Waals surface area contributed by atoms with E-state index in [-0.39, 0.29) is 0 Å². The highest BCUT2D eigenvalue weighted by atomic mass is 15.0. The van der Waals surface area contributed by atoms with Crippen LogP contribution in [-0.2, 0) is 0 Å². The first kappa shape index (κ1) is 12.3. The van der Waals surface area contributed by atoms with Gasteiger partial charge in [-0.3, -0.25) is 0 Å². The molecule has 1 atom stereocenters. The molecule has 1 aliphatic heterocycles. The number of fused-ring (bicyclic) bond motifs is 3. The molecule has 20 heavy (non-hydrogen) atoms. The summed E-state index contributed by atoms with van der Waals surface area (Å²) in [4.78, 5) is 0. The maximum absolute atomic E-state index is 3.99. The first-order chi connectivity index (χ1) is 9.77. The van der Waals surface area contributed by atoms with Gasteiger partial charge in [0, 0.05) is 16.6 Å². The van der Waals surface area contributed by atoms with Crippen LogP contribution in [0.15, 0.2) is 36.4 Å². The van der Waals surface area contributed by atoms with Crippen molar-refractivity contribution < 1.29 is 0 Å². The summed E-state index contributed by atoms with van der Waals surface area (Å²) < 4.78 is 0. The summed E-state index contributed by atoms with van der Waals surface area (Å²) in [6.45, 7) is 2.41. The number of rotatable bonds is 0. The van der Waals surface area contributed by atoms with Crippen molar-refractivity contribution in [1.82, 2.24) is 0 Å². The van der Waals surface area contributed by atoms with Crippen LogP contribution in [0.5, 0.6) is 0 Å². The van der Waals surface area contributed by atoms with Gasteiger partial charge in [0.2, 0.25) is 0 Å². The van der Waals surface area contributed by atoms with Crippen molar-refractivity contribution in [2.24, 2.45) is 0 Å². The number of hydrogen-bond acceptors (Lipinski definition) is 1. The van der Waals surface area contributed by atoms with Crippen LogP contribution in [0.25, 0.3) is 10.8 Å². The minimum atomic E-state index is 0.370. The quantitative estimate of drug-likeness (QED) is 0.666. The number of nitrogens with one attached hydrogen (secondary N) is 1. The molecule has 1 saturated carbocycles. The van der Waals surface area contributed by atoms with Crippen LogP contribution in [0.1, 0.15) is 56.9 Å². The summed E-state index contributed by atoms with van der Waals surface area (Å²) in [6, 6.07) is 13.4. The molecule has 1 heteroatoms. The molecule has 0 bridgehead atoms. The lowest BCUT2D eigenvalue weighted by Crippen LogP contribution is -2.44. The molecule has 1 spiro atoms. The Kier molecular flexibility index (Phi) is 2.76. The van der Waals surface area contributed by atoms with Gasteiger partial charge in [-0.05, 0) is 36.1 Å². The molecule has 1 aliphatic carbocycles. The van der Waals surface area contributed by atoms with E-state index in [0.29, 0.717) is 11.5 Å². The molecule has 2 aromatic rings. The first-order valence-electron chi connectivity index (χ1n) is 8.07. The van der Waals surface area contributed by atoms with Gasteiger partial charge in [0.25, 0.3) is 0 Å². The molecule has 0 unspecified atom stereocenters. The van der Waals surface area contributed by atoms with Crippen molar-refractivity contribution in [2.75, 3.05) is 5.32 Å². The number of benzene rings is 2. The first-order valence-corrected chi connectivity index (χ1v) is 8.07. The molecule has 1 fully saturated rings. The van der Waals surface area contributed by atoms with E-state index in [4.69, 9.17) is 0 Å². The van der Waals surface area contributed by atoms with Crippen LogP contribution in [0.3, 0.4) is 0 Å². The lowest BCUT2D eigenvalue weighted by atomic mass is 9.71. The highest BCUT2D eigenvalue weighted by Gasteiger charge is 2.38. The van der Waals surface area contributed by atoms with Crippen molar-refractivity contribution in [3.8, 4) is 0 Å². The average Bonchev–Trinajstić information content (AvgIpc) is 2.48. The second-order valence-corrected chi connectivity index (χ2v) is 6.82. The third kappa shape index (κ3) is 1.83. The van der Waals surface area contributed by atoms with Crippen LogP contribution < -0.4 is 5.32 Å². The average molecular weight is 265 g/mol. The normalized spacial score (nSPS) is 24.4. The van der Waals surface area contributed by atoms with Gasteiger partial charge in [0.05, 0.1) is 0 Å². The van der Waals surface area contributed by atoms with Crippen molar-refractivity contribution in [3.05, 3.63) is 42.0 Å². The van der Waals surface area contributed by atoms with Crippen molar-refractivity contribution >= 4 is 16.5 Å². The van der Waals surface area contributed by atoms with Crippen LogP contribution in [0.4, 0.5) is 5.69 Å². The van der Waals surface area contributed by atoms with Gasteiger partial charge in [-0.25, -0.2) is 0 Å². The SMILES string of the molecule is C[C@@H]1CC2(CCCCC2)Nc2c1ccc1ccccc21. The second kappa shape index (κ2) is 4.51. The summed E-state index contributed by atoms with van der Waals surface area (Å²) in [7, 11) is 0. The lowest BCUT2D eigenvalue weighted by molar-refractivity contribution is 0.282. The summed E-state index contributed by atoms with van der Waals surface area (Å²) >= 11 is 0. The van der Waals surface area contributed by atoms with E-state index < -0.39 is 0 Å². The minimum Gasteiger partial charge on any atom is -0.379 e. The molecular formula is C19H23N. The zero-order valence-electron chi connectivity index (χ0n) is 12.3. The fourth-order valence-electron chi connectivity index (χ4n) is 4.41. The molecule has 1 N–H and O–H groups in total. The fourth-order valence-corrected chi connectivity index (χ4v) is 4.41. The molecule has 0 aromatic heterocycles. The molecule has 104 valence electrons. The Labute approximate surface area is 121 Å². The van der Waals surface area contributed by atoms with E-state index >= 15 is 0 Å². The molecule has 0 saturated heterocycles. The van der Waals surface area contributed by atoms with Crippen LogP contribution in [0, 0.1) is 0 Å². The topological polar surface area (TPSA) is 12.0 Å². The highest BCUT2D eigenvalue weighted by Crippen LogP contribution is 2.47. The maximum Gasteiger partial charge on any atom is 0.0459 e. The lowest BCUT2D eigenvalue weighted by Gasteiger charge is -2.45. The number of hydrogen-bond donors (Lipinski definition) is 1. The Balaban J connectivity index is 1.86. The van der Waals surface area contributed by atoms with Gasteiger partial charge in [-0.1, -0.05) is 62.6 Å². The molecule has 0 amide bonds. The summed E-state index contributed by atoms with van der Waals surface area (Å²) in [5.74, 6) is 0.675. The van der Waals surface area contributed by atoms with Gasteiger partial charge >= 0.3 is 0 Å². The third-order valence-electron chi connectivity index (χ3n) is 5.39. The molecular weight excluding hydrogens is 242 g/mol.